The Labute approximate surface area is 97.2 Å². The van der Waals surface area contributed by atoms with E-state index in [1.807, 2.05) is 11.9 Å². The Hall–Kier alpha value is -1.21. The lowest BCUT2D eigenvalue weighted by atomic mass is 10.0. The van der Waals surface area contributed by atoms with Crippen LogP contribution in [0.15, 0.2) is 0 Å². The highest BCUT2D eigenvalue weighted by molar-refractivity contribution is 5.76. The molecule has 0 N–H and O–H groups in total. The summed E-state index contributed by atoms with van der Waals surface area (Å²) in [5.74, 6) is 2.67. The third-order valence-electron chi connectivity index (χ3n) is 3.56. The van der Waals surface area contributed by atoms with Crippen LogP contribution in [0.3, 0.4) is 0 Å². The number of urea groups is 1. The van der Waals surface area contributed by atoms with Crippen LogP contribution in [0.5, 0.6) is 0 Å². The maximum absolute atomic E-state index is 11.8. The van der Waals surface area contributed by atoms with E-state index < -0.39 is 0 Å². The number of carbonyl (C=O) groups is 1. The smallest absolute Gasteiger partial charge is 0.320 e. The molecule has 88 valence electrons. The molecule has 2 fully saturated rings. The lowest BCUT2D eigenvalue weighted by molar-refractivity contribution is 0.138. The summed E-state index contributed by atoms with van der Waals surface area (Å²) in [5.41, 5.74) is 0. The van der Waals surface area contributed by atoms with Crippen LogP contribution in [0.25, 0.3) is 0 Å². The molecular weight excluding hydrogens is 202 g/mol. The minimum atomic E-state index is 0.190. The van der Waals surface area contributed by atoms with Crippen LogP contribution in [-0.4, -0.2) is 66.5 Å². The second kappa shape index (κ2) is 4.75. The van der Waals surface area contributed by atoms with Gasteiger partial charge >= 0.3 is 6.03 Å². The molecule has 0 aromatic carbocycles. The second-order valence-electron chi connectivity index (χ2n) is 4.61. The number of terminal acetylenes is 1. The Morgan fingerprint density at radius 2 is 2.00 bits per heavy atom. The number of hydrogen-bond acceptors (Lipinski definition) is 2. The summed E-state index contributed by atoms with van der Waals surface area (Å²) in [4.78, 5) is 17.9. The molecule has 2 heterocycles. The molecule has 0 unspecified atom stereocenters. The van der Waals surface area contributed by atoms with Crippen LogP contribution in [0, 0.1) is 12.3 Å². The maximum atomic E-state index is 11.8. The lowest BCUT2D eigenvalue weighted by Crippen LogP contribution is -2.46. The molecule has 0 atom stereocenters. The SMILES string of the molecule is C#CCN1CCC(N2CCN(C)C2=O)CC1. The van der Waals surface area contributed by atoms with Crippen molar-refractivity contribution < 1.29 is 4.79 Å². The van der Waals surface area contributed by atoms with Crippen molar-refractivity contribution in [2.75, 3.05) is 39.8 Å². The fourth-order valence-corrected chi connectivity index (χ4v) is 2.53. The Bertz CT molecular complexity index is 302. The van der Waals surface area contributed by atoms with Gasteiger partial charge in [-0.05, 0) is 12.8 Å². The summed E-state index contributed by atoms with van der Waals surface area (Å²) >= 11 is 0. The van der Waals surface area contributed by atoms with Crippen LogP contribution in [0.1, 0.15) is 12.8 Å². The van der Waals surface area contributed by atoms with E-state index in [0.717, 1.165) is 45.6 Å². The lowest BCUT2D eigenvalue weighted by Gasteiger charge is -2.35. The molecule has 2 aliphatic heterocycles. The summed E-state index contributed by atoms with van der Waals surface area (Å²) in [6.07, 6.45) is 7.41. The zero-order valence-corrected chi connectivity index (χ0v) is 9.85. The van der Waals surface area contributed by atoms with Crippen molar-refractivity contribution in [3.63, 3.8) is 0 Å². The Kier molecular flexibility index (Phi) is 3.35. The van der Waals surface area contributed by atoms with Gasteiger partial charge in [0, 0.05) is 39.3 Å². The van der Waals surface area contributed by atoms with Gasteiger partial charge in [0.25, 0.3) is 0 Å². The van der Waals surface area contributed by atoms with Gasteiger partial charge in [-0.2, -0.15) is 0 Å². The normalized spacial score (nSPS) is 23.9. The molecule has 0 bridgehead atoms. The monoisotopic (exact) mass is 221 g/mol. The molecule has 4 heteroatoms. The van der Waals surface area contributed by atoms with E-state index in [0.29, 0.717) is 6.04 Å². The van der Waals surface area contributed by atoms with Crippen molar-refractivity contribution in [2.45, 2.75) is 18.9 Å². The minimum absolute atomic E-state index is 0.190. The van der Waals surface area contributed by atoms with E-state index in [2.05, 4.69) is 10.8 Å². The van der Waals surface area contributed by atoms with E-state index in [1.165, 1.54) is 0 Å². The predicted molar refractivity (Wildman–Crippen MR) is 63.0 cm³/mol. The maximum Gasteiger partial charge on any atom is 0.320 e. The summed E-state index contributed by atoms with van der Waals surface area (Å²) < 4.78 is 0. The number of nitrogens with zero attached hydrogens (tertiary/aromatic N) is 3. The average Bonchev–Trinajstić information content (AvgIpc) is 2.62. The molecule has 4 nitrogen and oxygen atoms in total. The van der Waals surface area contributed by atoms with Gasteiger partial charge in [-0.15, -0.1) is 6.42 Å². The van der Waals surface area contributed by atoms with Crippen molar-refractivity contribution in [3.05, 3.63) is 0 Å². The van der Waals surface area contributed by atoms with Crippen LogP contribution >= 0.6 is 0 Å². The number of rotatable bonds is 2. The molecule has 0 aromatic rings. The number of amides is 2. The summed E-state index contributed by atoms with van der Waals surface area (Å²) in [7, 11) is 1.87. The van der Waals surface area contributed by atoms with Crippen molar-refractivity contribution in [1.82, 2.24) is 14.7 Å². The molecule has 0 aliphatic carbocycles. The molecule has 2 amide bonds. The highest BCUT2D eigenvalue weighted by atomic mass is 16.2. The molecule has 2 rings (SSSR count). The highest BCUT2D eigenvalue weighted by Crippen LogP contribution is 2.20. The standard InChI is InChI=1S/C12H19N3O/c1-3-6-14-7-4-11(5-8-14)15-10-9-13(2)12(15)16/h1,11H,4-10H2,2H3. The van der Waals surface area contributed by atoms with Crippen LogP contribution in [0.2, 0.25) is 0 Å². The molecule has 0 saturated carbocycles. The molecule has 0 aromatic heterocycles. The first-order valence-corrected chi connectivity index (χ1v) is 5.90. The van der Waals surface area contributed by atoms with Gasteiger partial charge in [0.05, 0.1) is 6.54 Å². The third kappa shape index (κ3) is 2.14. The summed E-state index contributed by atoms with van der Waals surface area (Å²) in [5, 5.41) is 0. The van der Waals surface area contributed by atoms with Gasteiger partial charge in [0.1, 0.15) is 0 Å². The van der Waals surface area contributed by atoms with E-state index >= 15 is 0 Å². The van der Waals surface area contributed by atoms with Crippen LogP contribution in [0.4, 0.5) is 4.79 Å². The van der Waals surface area contributed by atoms with Crippen LogP contribution in [-0.2, 0) is 0 Å². The third-order valence-corrected chi connectivity index (χ3v) is 3.56. The molecule has 2 aliphatic rings. The van der Waals surface area contributed by atoms with E-state index in [1.54, 1.807) is 4.90 Å². The fraction of sp³-hybridized carbons (Fsp3) is 0.750. The number of piperidine rings is 1. The van der Waals surface area contributed by atoms with Gasteiger partial charge in [-0.1, -0.05) is 5.92 Å². The Morgan fingerprint density at radius 3 is 2.50 bits per heavy atom. The second-order valence-corrected chi connectivity index (χ2v) is 4.61. The quantitative estimate of drug-likeness (QED) is 0.633. The van der Waals surface area contributed by atoms with E-state index in [4.69, 9.17) is 6.42 Å². The van der Waals surface area contributed by atoms with Crippen molar-refractivity contribution in [1.29, 1.82) is 0 Å². The van der Waals surface area contributed by atoms with Gasteiger partial charge in [0.15, 0.2) is 0 Å². The highest BCUT2D eigenvalue weighted by Gasteiger charge is 2.33. The van der Waals surface area contributed by atoms with Gasteiger partial charge in [-0.3, -0.25) is 4.90 Å². The topological polar surface area (TPSA) is 26.8 Å². The van der Waals surface area contributed by atoms with E-state index in [-0.39, 0.29) is 6.03 Å². The summed E-state index contributed by atoms with van der Waals surface area (Å²) in [6.45, 7) is 4.52. The predicted octanol–water partition coefficient (Wildman–Crippen LogP) is 0.451. The number of hydrogen-bond donors (Lipinski definition) is 0. The Balaban J connectivity index is 1.85. The first-order valence-electron chi connectivity index (χ1n) is 5.90. The fourth-order valence-electron chi connectivity index (χ4n) is 2.53. The van der Waals surface area contributed by atoms with Crippen molar-refractivity contribution in [3.8, 4) is 12.3 Å². The molecule has 2 saturated heterocycles. The zero-order valence-electron chi connectivity index (χ0n) is 9.85. The molecule has 16 heavy (non-hydrogen) atoms. The van der Waals surface area contributed by atoms with Crippen LogP contribution < -0.4 is 0 Å². The number of likely N-dealkylation sites (N-methyl/N-ethyl adjacent to an activating group) is 1. The zero-order chi connectivity index (χ0) is 11.5. The average molecular weight is 221 g/mol. The first kappa shape index (κ1) is 11.3. The largest absolute Gasteiger partial charge is 0.326 e. The summed E-state index contributed by atoms with van der Waals surface area (Å²) in [6, 6.07) is 0.613. The minimum Gasteiger partial charge on any atom is -0.326 e. The van der Waals surface area contributed by atoms with E-state index in [9.17, 15) is 4.79 Å². The van der Waals surface area contributed by atoms with Crippen molar-refractivity contribution >= 4 is 6.03 Å². The van der Waals surface area contributed by atoms with Gasteiger partial charge in [-0.25, -0.2) is 4.79 Å². The number of likely N-dealkylation sites (tertiary alicyclic amines) is 1. The molecule has 0 spiro atoms. The molecule has 0 radical (unpaired) electrons. The Morgan fingerprint density at radius 1 is 1.31 bits per heavy atom. The van der Waals surface area contributed by atoms with Crippen molar-refractivity contribution in [2.24, 2.45) is 0 Å². The van der Waals surface area contributed by atoms with Gasteiger partial charge < -0.3 is 9.80 Å². The number of carbonyl (C=O) groups excluding carboxylic acids is 1. The van der Waals surface area contributed by atoms with Gasteiger partial charge in [0.2, 0.25) is 0 Å². The first-order chi connectivity index (χ1) is 7.72. The molecular formula is C12H19N3O.